The quantitative estimate of drug-likeness (QED) is 0.597. The predicted octanol–water partition coefficient (Wildman–Crippen LogP) is 3.37. The molecule has 2 aromatic carbocycles. The van der Waals surface area contributed by atoms with E-state index < -0.39 is 15.7 Å². The number of aryl methyl sites for hydroxylation is 1. The second kappa shape index (κ2) is 9.17. The second-order valence-electron chi connectivity index (χ2n) is 7.33. The van der Waals surface area contributed by atoms with Gasteiger partial charge in [0.25, 0.3) is 0 Å². The van der Waals surface area contributed by atoms with Crippen LogP contribution in [0, 0.1) is 12.7 Å². The van der Waals surface area contributed by atoms with Crippen LogP contribution in [-0.4, -0.2) is 57.7 Å². The van der Waals surface area contributed by atoms with Crippen molar-refractivity contribution < 1.29 is 22.0 Å². The number of morpholine rings is 1. The SMILES string of the molecule is Cc1ccc(S(=O)(=O)c2nc(-c3ccccc3F)oc2NCCN2CCOCC2)cc1. The molecule has 0 spiro atoms. The summed E-state index contributed by atoms with van der Waals surface area (Å²) in [4.78, 5) is 6.49. The van der Waals surface area contributed by atoms with Gasteiger partial charge in [-0.2, -0.15) is 4.98 Å². The van der Waals surface area contributed by atoms with E-state index >= 15 is 0 Å². The number of sulfone groups is 1. The van der Waals surface area contributed by atoms with Gasteiger partial charge in [-0.1, -0.05) is 29.8 Å². The maximum absolute atomic E-state index is 14.3. The van der Waals surface area contributed by atoms with E-state index in [1.54, 1.807) is 24.3 Å². The molecule has 0 saturated carbocycles. The Hall–Kier alpha value is -2.75. The summed E-state index contributed by atoms with van der Waals surface area (Å²) in [6, 6.07) is 12.5. The molecule has 1 saturated heterocycles. The van der Waals surface area contributed by atoms with E-state index in [1.807, 2.05) is 6.92 Å². The molecule has 0 radical (unpaired) electrons. The predicted molar refractivity (Wildman–Crippen MR) is 114 cm³/mol. The zero-order chi connectivity index (χ0) is 21.8. The van der Waals surface area contributed by atoms with E-state index in [-0.39, 0.29) is 27.3 Å². The van der Waals surface area contributed by atoms with Crippen molar-refractivity contribution in [1.82, 2.24) is 9.88 Å². The van der Waals surface area contributed by atoms with Crippen molar-refractivity contribution in [2.24, 2.45) is 0 Å². The van der Waals surface area contributed by atoms with Gasteiger partial charge in [-0.3, -0.25) is 4.90 Å². The van der Waals surface area contributed by atoms with Gasteiger partial charge in [0.1, 0.15) is 5.82 Å². The van der Waals surface area contributed by atoms with E-state index in [0.29, 0.717) is 26.3 Å². The maximum atomic E-state index is 14.3. The van der Waals surface area contributed by atoms with Crippen molar-refractivity contribution in [3.05, 3.63) is 59.9 Å². The summed E-state index contributed by atoms with van der Waals surface area (Å²) in [5.74, 6) is -0.618. The van der Waals surface area contributed by atoms with Gasteiger partial charge in [-0.25, -0.2) is 12.8 Å². The van der Waals surface area contributed by atoms with Crippen LogP contribution in [0.4, 0.5) is 10.3 Å². The molecule has 0 atom stereocenters. The number of rotatable bonds is 7. The molecule has 9 heteroatoms. The van der Waals surface area contributed by atoms with Crippen molar-refractivity contribution in [3.8, 4) is 11.5 Å². The number of benzene rings is 2. The first kappa shape index (κ1) is 21.5. The normalized spacial score (nSPS) is 15.2. The zero-order valence-corrected chi connectivity index (χ0v) is 18.0. The summed E-state index contributed by atoms with van der Waals surface area (Å²) in [6.45, 7) is 5.98. The summed E-state index contributed by atoms with van der Waals surface area (Å²) < 4.78 is 51.9. The first-order chi connectivity index (χ1) is 14.9. The van der Waals surface area contributed by atoms with Crippen LogP contribution in [-0.2, 0) is 14.6 Å². The highest BCUT2D eigenvalue weighted by molar-refractivity contribution is 7.91. The van der Waals surface area contributed by atoms with Gasteiger partial charge in [-0.15, -0.1) is 0 Å². The molecule has 0 unspecified atom stereocenters. The highest BCUT2D eigenvalue weighted by Crippen LogP contribution is 2.33. The minimum Gasteiger partial charge on any atom is -0.419 e. The monoisotopic (exact) mass is 445 g/mol. The molecule has 1 fully saturated rings. The summed E-state index contributed by atoms with van der Waals surface area (Å²) >= 11 is 0. The summed E-state index contributed by atoms with van der Waals surface area (Å²) in [7, 11) is -3.97. The topological polar surface area (TPSA) is 84.7 Å². The molecular weight excluding hydrogens is 421 g/mol. The van der Waals surface area contributed by atoms with Gasteiger partial charge < -0.3 is 14.5 Å². The Bertz CT molecular complexity index is 1140. The number of halogens is 1. The number of hydrogen-bond acceptors (Lipinski definition) is 7. The van der Waals surface area contributed by atoms with Crippen molar-refractivity contribution in [2.45, 2.75) is 16.8 Å². The molecule has 164 valence electrons. The minimum atomic E-state index is -3.97. The van der Waals surface area contributed by atoms with Crippen LogP contribution < -0.4 is 5.32 Å². The van der Waals surface area contributed by atoms with E-state index in [9.17, 15) is 12.8 Å². The minimum absolute atomic E-state index is 0.00656. The lowest BCUT2D eigenvalue weighted by atomic mass is 10.2. The van der Waals surface area contributed by atoms with Crippen molar-refractivity contribution in [1.29, 1.82) is 0 Å². The number of ether oxygens (including phenoxy) is 1. The number of hydrogen-bond donors (Lipinski definition) is 1. The third-order valence-electron chi connectivity index (χ3n) is 5.10. The summed E-state index contributed by atoms with van der Waals surface area (Å²) in [6.07, 6.45) is 0. The van der Waals surface area contributed by atoms with Crippen LogP contribution in [0.5, 0.6) is 0 Å². The Morgan fingerprint density at radius 1 is 1.10 bits per heavy atom. The Kier molecular flexibility index (Phi) is 6.35. The smallest absolute Gasteiger partial charge is 0.233 e. The molecular formula is C22H24FN3O4S. The fraction of sp³-hybridized carbons (Fsp3) is 0.318. The number of aromatic nitrogens is 1. The Balaban J connectivity index is 1.66. The van der Waals surface area contributed by atoms with Crippen LogP contribution in [0.2, 0.25) is 0 Å². The fourth-order valence-electron chi connectivity index (χ4n) is 3.33. The van der Waals surface area contributed by atoms with Crippen molar-refractivity contribution in [3.63, 3.8) is 0 Å². The molecule has 0 aliphatic carbocycles. The highest BCUT2D eigenvalue weighted by Gasteiger charge is 2.29. The van der Waals surface area contributed by atoms with E-state index in [2.05, 4.69) is 15.2 Å². The Morgan fingerprint density at radius 3 is 2.52 bits per heavy atom. The summed E-state index contributed by atoms with van der Waals surface area (Å²) in [5.41, 5.74) is 1.04. The molecule has 1 aliphatic heterocycles. The molecule has 1 aliphatic rings. The number of anilines is 1. The molecule has 7 nitrogen and oxygen atoms in total. The molecule has 2 heterocycles. The Labute approximate surface area is 180 Å². The van der Waals surface area contributed by atoms with Crippen LogP contribution in [0.15, 0.2) is 62.9 Å². The molecule has 31 heavy (non-hydrogen) atoms. The molecule has 1 N–H and O–H groups in total. The van der Waals surface area contributed by atoms with Gasteiger partial charge in [0, 0.05) is 26.2 Å². The lowest BCUT2D eigenvalue weighted by Gasteiger charge is -2.26. The molecule has 0 amide bonds. The van der Waals surface area contributed by atoms with E-state index in [1.165, 1.54) is 24.3 Å². The zero-order valence-electron chi connectivity index (χ0n) is 17.2. The maximum Gasteiger partial charge on any atom is 0.233 e. The van der Waals surface area contributed by atoms with Crippen LogP contribution in [0.3, 0.4) is 0 Å². The third kappa shape index (κ3) is 4.79. The standard InChI is InChI=1S/C22H24FN3O4S/c1-16-6-8-17(9-7-16)31(27,28)22-21(24-10-11-26-12-14-29-15-13-26)30-20(25-22)18-4-2-3-5-19(18)23/h2-9,24H,10-15H2,1H3. The summed E-state index contributed by atoms with van der Waals surface area (Å²) in [5, 5.41) is 2.79. The van der Waals surface area contributed by atoms with Gasteiger partial charge in [-0.05, 0) is 31.2 Å². The van der Waals surface area contributed by atoms with Crippen molar-refractivity contribution >= 4 is 15.7 Å². The van der Waals surface area contributed by atoms with Crippen molar-refractivity contribution in [2.75, 3.05) is 44.7 Å². The first-order valence-electron chi connectivity index (χ1n) is 10.1. The first-order valence-corrected chi connectivity index (χ1v) is 11.5. The highest BCUT2D eigenvalue weighted by atomic mass is 32.2. The van der Waals surface area contributed by atoms with Crippen LogP contribution in [0.1, 0.15) is 5.56 Å². The van der Waals surface area contributed by atoms with E-state index in [4.69, 9.17) is 9.15 Å². The number of oxazole rings is 1. The lowest BCUT2D eigenvalue weighted by Crippen LogP contribution is -2.39. The number of nitrogens with one attached hydrogen (secondary N) is 1. The van der Waals surface area contributed by atoms with Crippen LogP contribution in [0.25, 0.3) is 11.5 Å². The van der Waals surface area contributed by atoms with Gasteiger partial charge in [0.15, 0.2) is 0 Å². The van der Waals surface area contributed by atoms with Crippen LogP contribution >= 0.6 is 0 Å². The molecule has 4 rings (SSSR count). The Morgan fingerprint density at radius 2 is 1.81 bits per heavy atom. The average molecular weight is 446 g/mol. The molecule has 1 aromatic heterocycles. The third-order valence-corrected chi connectivity index (χ3v) is 6.78. The van der Waals surface area contributed by atoms with E-state index in [0.717, 1.165) is 18.7 Å². The van der Waals surface area contributed by atoms with Gasteiger partial charge in [0.05, 0.1) is 23.7 Å². The van der Waals surface area contributed by atoms with Gasteiger partial charge in [0.2, 0.25) is 26.6 Å². The average Bonchev–Trinajstić information content (AvgIpc) is 3.20. The molecule has 3 aromatic rings. The fourth-order valence-corrected chi connectivity index (χ4v) is 4.61. The van der Waals surface area contributed by atoms with Gasteiger partial charge >= 0.3 is 0 Å². The lowest BCUT2D eigenvalue weighted by molar-refractivity contribution is 0.0398. The molecule has 0 bridgehead atoms. The second-order valence-corrected chi connectivity index (χ2v) is 9.20. The largest absolute Gasteiger partial charge is 0.419 e. The number of nitrogens with zero attached hydrogens (tertiary/aromatic N) is 2.